The van der Waals surface area contributed by atoms with E-state index in [1.807, 2.05) is 0 Å². The van der Waals surface area contributed by atoms with Crippen LogP contribution in [0.4, 0.5) is 20.2 Å². The average Bonchev–Trinajstić information content (AvgIpc) is 2.09. The fourth-order valence-electron chi connectivity index (χ4n) is 0.992. The average molecular weight is 267 g/mol. The quantitative estimate of drug-likeness (QED) is 0.509. The van der Waals surface area contributed by atoms with Crippen LogP contribution < -0.4 is 5.32 Å². The first kappa shape index (κ1) is 10.8. The summed E-state index contributed by atoms with van der Waals surface area (Å²) >= 11 is 2.74. The lowest BCUT2D eigenvalue weighted by Crippen LogP contribution is -2.02. The van der Waals surface area contributed by atoms with Gasteiger partial charge >= 0.3 is 5.69 Å². The molecule has 0 radical (unpaired) electrons. The first-order chi connectivity index (χ1) is 6.49. The molecule has 0 bridgehead atoms. The monoisotopic (exact) mass is 266 g/mol. The van der Waals surface area contributed by atoms with Gasteiger partial charge in [0.1, 0.15) is 0 Å². The Kier molecular flexibility index (Phi) is 3.00. The summed E-state index contributed by atoms with van der Waals surface area (Å²) in [5.41, 5.74) is -1.37. The van der Waals surface area contributed by atoms with Gasteiger partial charge in [0.15, 0.2) is 11.5 Å². The molecule has 0 heterocycles. The Bertz CT molecular complexity index is 398. The van der Waals surface area contributed by atoms with E-state index in [0.717, 1.165) is 0 Å². The second-order valence-electron chi connectivity index (χ2n) is 2.38. The van der Waals surface area contributed by atoms with Crippen molar-refractivity contribution in [2.45, 2.75) is 0 Å². The summed E-state index contributed by atoms with van der Waals surface area (Å²) in [4.78, 5) is 9.43. The highest BCUT2D eigenvalue weighted by Crippen LogP contribution is 2.34. The van der Waals surface area contributed by atoms with E-state index in [2.05, 4.69) is 21.2 Å². The van der Waals surface area contributed by atoms with Crippen LogP contribution in [0.15, 0.2) is 10.5 Å². The third-order valence-corrected chi connectivity index (χ3v) is 2.16. The maximum absolute atomic E-state index is 13.2. The molecule has 0 amide bonds. The van der Waals surface area contributed by atoms with Crippen LogP contribution in [0.2, 0.25) is 0 Å². The molecule has 0 aliphatic carbocycles. The number of hydrogen-bond donors (Lipinski definition) is 1. The van der Waals surface area contributed by atoms with E-state index < -0.39 is 27.9 Å². The zero-order valence-electron chi connectivity index (χ0n) is 6.97. The molecule has 76 valence electrons. The van der Waals surface area contributed by atoms with Crippen molar-refractivity contribution in [3.05, 3.63) is 32.3 Å². The van der Waals surface area contributed by atoms with E-state index in [1.54, 1.807) is 0 Å². The summed E-state index contributed by atoms with van der Waals surface area (Å²) in [5, 5.41) is 12.6. The van der Waals surface area contributed by atoms with Crippen molar-refractivity contribution in [2.75, 3.05) is 12.4 Å². The van der Waals surface area contributed by atoms with E-state index in [9.17, 15) is 18.9 Å². The highest BCUT2D eigenvalue weighted by atomic mass is 79.9. The minimum atomic E-state index is -1.09. The number of nitro benzene ring substituents is 1. The van der Waals surface area contributed by atoms with Gasteiger partial charge in [0.25, 0.3) is 0 Å². The van der Waals surface area contributed by atoms with Crippen molar-refractivity contribution in [2.24, 2.45) is 0 Å². The normalized spacial score (nSPS) is 10.0. The molecule has 1 aromatic carbocycles. The third-order valence-electron chi connectivity index (χ3n) is 1.58. The molecule has 0 unspecified atom stereocenters. The fraction of sp³-hybridized carbons (Fsp3) is 0.143. The van der Waals surface area contributed by atoms with E-state index in [4.69, 9.17) is 0 Å². The smallest absolute Gasteiger partial charge is 0.330 e. The summed E-state index contributed by atoms with van der Waals surface area (Å²) in [5.74, 6) is -1.98. The number of hydrogen-bond acceptors (Lipinski definition) is 3. The minimum Gasteiger partial charge on any atom is -0.380 e. The molecule has 0 aliphatic rings. The van der Waals surface area contributed by atoms with Gasteiger partial charge in [-0.15, -0.1) is 0 Å². The van der Waals surface area contributed by atoms with Crippen molar-refractivity contribution >= 4 is 27.3 Å². The molecule has 0 spiro atoms. The first-order valence-corrected chi connectivity index (χ1v) is 4.28. The van der Waals surface area contributed by atoms with E-state index >= 15 is 0 Å². The van der Waals surface area contributed by atoms with Crippen LogP contribution >= 0.6 is 15.9 Å². The molecule has 0 saturated carbocycles. The van der Waals surface area contributed by atoms with Crippen LogP contribution in [0.1, 0.15) is 0 Å². The fourth-order valence-corrected chi connectivity index (χ4v) is 1.39. The summed E-state index contributed by atoms with van der Waals surface area (Å²) in [6, 6.07) is 0.717. The van der Waals surface area contributed by atoms with Crippen molar-refractivity contribution < 1.29 is 13.7 Å². The molecular formula is C7H5BrF2N2O2. The van der Waals surface area contributed by atoms with Crippen molar-refractivity contribution in [1.82, 2.24) is 0 Å². The van der Waals surface area contributed by atoms with Gasteiger partial charge in [0, 0.05) is 7.05 Å². The zero-order valence-corrected chi connectivity index (χ0v) is 8.56. The van der Waals surface area contributed by atoms with Gasteiger partial charge in [0.05, 0.1) is 9.40 Å². The standard InChI is InChI=1S/C7H5BrF2N2O2/c1-11-6-5(10)3(8)2-4(9)7(6)12(13)14/h2,11H,1H3. The molecule has 14 heavy (non-hydrogen) atoms. The lowest BCUT2D eigenvalue weighted by atomic mass is 10.2. The lowest BCUT2D eigenvalue weighted by Gasteiger charge is -2.05. The van der Waals surface area contributed by atoms with Gasteiger partial charge in [-0.05, 0) is 22.0 Å². The lowest BCUT2D eigenvalue weighted by molar-refractivity contribution is -0.386. The predicted octanol–water partition coefficient (Wildman–Crippen LogP) is 2.68. The maximum atomic E-state index is 13.2. The number of halogens is 3. The summed E-state index contributed by atoms with van der Waals surface area (Å²) in [6.45, 7) is 0. The largest absolute Gasteiger partial charge is 0.380 e. The Morgan fingerprint density at radius 2 is 2.14 bits per heavy atom. The van der Waals surface area contributed by atoms with E-state index in [-0.39, 0.29) is 4.47 Å². The third kappa shape index (κ3) is 1.67. The molecule has 7 heteroatoms. The Morgan fingerprint density at radius 1 is 1.57 bits per heavy atom. The molecule has 0 aromatic heterocycles. The number of nitrogens with zero attached hydrogens (tertiary/aromatic N) is 1. The SMILES string of the molecule is CNc1c(F)c(Br)cc(F)c1[N+](=O)[O-]. The van der Waals surface area contributed by atoms with E-state index in [0.29, 0.717) is 6.07 Å². The van der Waals surface area contributed by atoms with Gasteiger partial charge in [0.2, 0.25) is 5.82 Å². The second kappa shape index (κ2) is 3.87. The molecule has 4 nitrogen and oxygen atoms in total. The topological polar surface area (TPSA) is 55.2 Å². The highest BCUT2D eigenvalue weighted by molar-refractivity contribution is 9.10. The van der Waals surface area contributed by atoms with Crippen LogP contribution in [0.25, 0.3) is 0 Å². The van der Waals surface area contributed by atoms with Crippen LogP contribution in [0.5, 0.6) is 0 Å². The number of nitro groups is 1. The van der Waals surface area contributed by atoms with E-state index in [1.165, 1.54) is 7.05 Å². The summed E-state index contributed by atoms with van der Waals surface area (Å²) < 4.78 is 26.1. The van der Waals surface area contributed by atoms with Gasteiger partial charge in [-0.25, -0.2) is 4.39 Å². The Morgan fingerprint density at radius 3 is 2.57 bits per heavy atom. The van der Waals surface area contributed by atoms with Gasteiger partial charge in [-0.3, -0.25) is 10.1 Å². The molecule has 0 aliphatic heterocycles. The molecular weight excluding hydrogens is 262 g/mol. The molecule has 0 saturated heterocycles. The first-order valence-electron chi connectivity index (χ1n) is 3.48. The van der Waals surface area contributed by atoms with Gasteiger partial charge < -0.3 is 5.32 Å². The van der Waals surface area contributed by atoms with Crippen LogP contribution in [-0.2, 0) is 0 Å². The minimum absolute atomic E-state index is 0.162. The number of benzene rings is 1. The Labute approximate surface area is 86.2 Å². The predicted molar refractivity (Wildman–Crippen MR) is 50.3 cm³/mol. The molecule has 0 fully saturated rings. The van der Waals surface area contributed by atoms with Gasteiger partial charge in [-0.2, -0.15) is 4.39 Å². The van der Waals surface area contributed by atoms with Crippen LogP contribution in [-0.4, -0.2) is 12.0 Å². The van der Waals surface area contributed by atoms with Crippen molar-refractivity contribution in [3.63, 3.8) is 0 Å². The molecule has 1 rings (SSSR count). The van der Waals surface area contributed by atoms with Crippen molar-refractivity contribution in [3.8, 4) is 0 Å². The number of anilines is 1. The van der Waals surface area contributed by atoms with Crippen LogP contribution in [0, 0.1) is 21.7 Å². The summed E-state index contributed by atoms with van der Waals surface area (Å²) in [7, 11) is 1.28. The van der Waals surface area contributed by atoms with Crippen molar-refractivity contribution in [1.29, 1.82) is 0 Å². The Balaban J connectivity index is 3.55. The number of rotatable bonds is 2. The number of nitrogens with one attached hydrogen (secondary N) is 1. The van der Waals surface area contributed by atoms with Crippen LogP contribution in [0.3, 0.4) is 0 Å². The Hall–Kier alpha value is -1.24. The highest BCUT2D eigenvalue weighted by Gasteiger charge is 2.25. The molecule has 1 N–H and O–H groups in total. The maximum Gasteiger partial charge on any atom is 0.330 e. The summed E-state index contributed by atoms with van der Waals surface area (Å²) in [6.07, 6.45) is 0. The van der Waals surface area contributed by atoms with Gasteiger partial charge in [-0.1, -0.05) is 0 Å². The second-order valence-corrected chi connectivity index (χ2v) is 3.24. The zero-order chi connectivity index (χ0) is 10.9. The molecule has 1 aromatic rings. The molecule has 0 atom stereocenters.